The Morgan fingerprint density at radius 3 is 1.30 bits per heavy atom. The van der Waals surface area contributed by atoms with Crippen LogP contribution in [-0.2, 0) is 27.9 Å². The molecule has 0 spiro atoms. The second-order valence-corrected chi connectivity index (χ2v) is 19.4. The van der Waals surface area contributed by atoms with Gasteiger partial charge >= 0.3 is 13.8 Å². The number of aliphatic hydroxyl groups excluding tert-OH is 5. The number of ether oxygens (including phenoxy) is 2. The Morgan fingerprint density at radius 2 is 0.855 bits per heavy atom. The minimum Gasteiger partial charge on any atom is -0.457 e. The third-order valence-corrected chi connectivity index (χ3v) is 12.7. The van der Waals surface area contributed by atoms with Gasteiger partial charge in [0.15, 0.2) is 0 Å². The molecule has 0 radical (unpaired) electrons. The number of esters is 1. The summed E-state index contributed by atoms with van der Waals surface area (Å²) in [4.78, 5) is 23.3. The number of phosphoric ester groups is 1. The summed E-state index contributed by atoms with van der Waals surface area (Å²) in [7, 11) is -5.04. The van der Waals surface area contributed by atoms with Gasteiger partial charge in [0.05, 0.1) is 13.2 Å². The van der Waals surface area contributed by atoms with Crippen LogP contribution in [0.15, 0.2) is 97.2 Å². The van der Waals surface area contributed by atoms with Crippen molar-refractivity contribution in [3.8, 4) is 0 Å². The van der Waals surface area contributed by atoms with Crippen LogP contribution in [0.1, 0.15) is 187 Å². The number of carbonyl (C=O) groups is 1. The molecule has 12 nitrogen and oxygen atoms in total. The molecule has 0 aromatic heterocycles. The topological polar surface area (TPSA) is 192 Å². The van der Waals surface area contributed by atoms with Crippen LogP contribution >= 0.6 is 7.82 Å². The lowest BCUT2D eigenvalue weighted by Gasteiger charge is -2.41. The van der Waals surface area contributed by atoms with E-state index < -0.39 is 63.1 Å². The monoisotopic (exact) mass is 991 g/mol. The van der Waals surface area contributed by atoms with Crippen molar-refractivity contribution in [1.82, 2.24) is 0 Å². The van der Waals surface area contributed by atoms with Gasteiger partial charge in [0.25, 0.3) is 0 Å². The van der Waals surface area contributed by atoms with E-state index >= 15 is 0 Å². The number of rotatable bonds is 44. The molecule has 0 bridgehead atoms. The zero-order chi connectivity index (χ0) is 50.5. The van der Waals surface area contributed by atoms with E-state index in [1.165, 1.54) is 57.8 Å². The maximum atomic E-state index is 12.9. The third-order valence-electron chi connectivity index (χ3n) is 11.7. The summed E-state index contributed by atoms with van der Waals surface area (Å²) in [5, 5.41) is 50.4. The number of phosphoric acid groups is 1. The Labute approximate surface area is 417 Å². The standard InChI is InChI=1S/C56H95O12P/c1-3-5-7-9-11-13-15-17-19-21-23-24-25-26-27-29-31-33-35-37-39-41-43-45-50(57)67-49(48-66-69(63,64)68-56-54(61)52(59)51(58)53(60)55(56)62)47-65-46-44-42-40-38-36-34-32-30-28-22-20-18-16-14-12-10-8-6-4-2/h5,7,11,13-14,16-17,19-20,22-24,26-27,31,33,49,51-56,58-62H,3-4,6,8-10,12,15,18,21,25,28-30,32,34-48H2,1-2H3,(H,63,64)/b7-5-,13-11-,16-14-,19-17-,22-20-,24-23-,27-26-,33-31-. The molecule has 6 N–H and O–H groups in total. The Morgan fingerprint density at radius 1 is 0.478 bits per heavy atom. The summed E-state index contributed by atoms with van der Waals surface area (Å²) in [6.07, 6.45) is 50.3. The smallest absolute Gasteiger partial charge is 0.457 e. The Hall–Kier alpha value is -2.74. The minimum absolute atomic E-state index is 0.0974. The first-order valence-corrected chi connectivity index (χ1v) is 28.1. The van der Waals surface area contributed by atoms with Crippen molar-refractivity contribution in [2.45, 2.75) is 230 Å². The summed E-state index contributed by atoms with van der Waals surface area (Å²) in [6.45, 7) is 4.09. The summed E-state index contributed by atoms with van der Waals surface area (Å²) in [5.41, 5.74) is 0. The molecular weight excluding hydrogens is 896 g/mol. The van der Waals surface area contributed by atoms with E-state index in [0.29, 0.717) is 13.0 Å². The molecule has 1 saturated carbocycles. The number of aliphatic hydroxyl groups is 5. The summed E-state index contributed by atoms with van der Waals surface area (Å²) < 4.78 is 34.3. The van der Waals surface area contributed by atoms with Crippen molar-refractivity contribution in [2.75, 3.05) is 19.8 Å². The van der Waals surface area contributed by atoms with Crippen LogP contribution in [0.4, 0.5) is 0 Å². The first-order chi connectivity index (χ1) is 33.5. The van der Waals surface area contributed by atoms with Gasteiger partial charge in [0.1, 0.15) is 42.7 Å². The number of unbranched alkanes of at least 4 members (excludes halogenated alkanes) is 16. The van der Waals surface area contributed by atoms with E-state index in [2.05, 4.69) is 111 Å². The number of hydrogen-bond donors (Lipinski definition) is 6. The van der Waals surface area contributed by atoms with Crippen LogP contribution in [0, 0.1) is 0 Å². The molecule has 1 aliphatic carbocycles. The highest BCUT2D eigenvalue weighted by Gasteiger charge is 2.51. The molecule has 0 saturated heterocycles. The van der Waals surface area contributed by atoms with Gasteiger partial charge in [-0.25, -0.2) is 4.57 Å². The summed E-state index contributed by atoms with van der Waals surface area (Å²) >= 11 is 0. The Bertz CT molecular complexity index is 1500. The van der Waals surface area contributed by atoms with Gasteiger partial charge in [-0.1, -0.05) is 182 Å². The molecule has 6 unspecified atom stereocenters. The van der Waals surface area contributed by atoms with Gasteiger partial charge in [0, 0.05) is 13.0 Å². The molecule has 1 rings (SSSR count). The quantitative estimate of drug-likeness (QED) is 0.0147. The van der Waals surface area contributed by atoms with E-state index in [1.807, 2.05) is 0 Å². The second-order valence-electron chi connectivity index (χ2n) is 18.0. The molecule has 0 aromatic rings. The van der Waals surface area contributed by atoms with Crippen LogP contribution in [0.3, 0.4) is 0 Å². The molecule has 0 aliphatic heterocycles. The van der Waals surface area contributed by atoms with E-state index in [0.717, 1.165) is 103 Å². The van der Waals surface area contributed by atoms with Crippen molar-refractivity contribution in [2.24, 2.45) is 0 Å². The highest BCUT2D eigenvalue weighted by molar-refractivity contribution is 7.47. The minimum atomic E-state index is -5.04. The largest absolute Gasteiger partial charge is 0.472 e. The van der Waals surface area contributed by atoms with Crippen molar-refractivity contribution < 1.29 is 58.3 Å². The van der Waals surface area contributed by atoms with Crippen molar-refractivity contribution in [3.05, 3.63) is 97.2 Å². The van der Waals surface area contributed by atoms with E-state index in [1.54, 1.807) is 0 Å². The molecule has 1 fully saturated rings. The summed E-state index contributed by atoms with van der Waals surface area (Å²) in [6, 6.07) is 0. The predicted molar refractivity (Wildman–Crippen MR) is 281 cm³/mol. The van der Waals surface area contributed by atoms with Crippen LogP contribution in [0.25, 0.3) is 0 Å². The molecule has 1 aliphatic rings. The van der Waals surface area contributed by atoms with Crippen molar-refractivity contribution in [3.63, 3.8) is 0 Å². The van der Waals surface area contributed by atoms with Crippen LogP contribution in [0.2, 0.25) is 0 Å². The summed E-state index contributed by atoms with van der Waals surface area (Å²) in [5.74, 6) is -0.507. The zero-order valence-corrected chi connectivity index (χ0v) is 43.5. The molecule has 0 amide bonds. The fourth-order valence-electron chi connectivity index (χ4n) is 7.51. The number of allylic oxidation sites excluding steroid dienone is 16. The average Bonchev–Trinajstić information content (AvgIpc) is 3.34. The second kappa shape index (κ2) is 45.1. The highest BCUT2D eigenvalue weighted by Crippen LogP contribution is 2.47. The van der Waals surface area contributed by atoms with Gasteiger partial charge in [-0.3, -0.25) is 13.8 Å². The molecule has 396 valence electrons. The van der Waals surface area contributed by atoms with Crippen LogP contribution in [0.5, 0.6) is 0 Å². The fraction of sp³-hybridized carbons (Fsp3) is 0.696. The van der Waals surface area contributed by atoms with Crippen molar-refractivity contribution in [1.29, 1.82) is 0 Å². The maximum Gasteiger partial charge on any atom is 0.472 e. The molecule has 69 heavy (non-hydrogen) atoms. The lowest BCUT2D eigenvalue weighted by Crippen LogP contribution is -2.64. The lowest BCUT2D eigenvalue weighted by molar-refractivity contribution is -0.220. The Balaban J connectivity index is 2.37. The van der Waals surface area contributed by atoms with E-state index in [9.17, 15) is 39.8 Å². The van der Waals surface area contributed by atoms with Gasteiger partial charge < -0.3 is 39.9 Å². The third kappa shape index (κ3) is 36.8. The van der Waals surface area contributed by atoms with Gasteiger partial charge in [-0.2, -0.15) is 0 Å². The van der Waals surface area contributed by atoms with Crippen LogP contribution in [-0.4, -0.2) is 98.9 Å². The van der Waals surface area contributed by atoms with E-state index in [-0.39, 0.29) is 13.0 Å². The molecule has 6 atom stereocenters. The van der Waals surface area contributed by atoms with E-state index in [4.69, 9.17) is 18.5 Å². The highest BCUT2D eigenvalue weighted by atomic mass is 31.2. The molecule has 0 aromatic carbocycles. The molecule has 0 heterocycles. The normalized spacial score (nSPS) is 21.8. The first-order valence-electron chi connectivity index (χ1n) is 26.6. The zero-order valence-electron chi connectivity index (χ0n) is 42.6. The average molecular weight is 991 g/mol. The lowest BCUT2D eigenvalue weighted by atomic mass is 9.85. The Kier molecular flexibility index (Phi) is 42.1. The van der Waals surface area contributed by atoms with Gasteiger partial charge in [-0.05, 0) is 96.3 Å². The van der Waals surface area contributed by atoms with Crippen LogP contribution < -0.4 is 0 Å². The molecular formula is C56H95O12P. The maximum absolute atomic E-state index is 12.9. The van der Waals surface area contributed by atoms with Gasteiger partial charge in [-0.15, -0.1) is 0 Å². The van der Waals surface area contributed by atoms with Gasteiger partial charge in [0.2, 0.25) is 0 Å². The predicted octanol–water partition coefficient (Wildman–Crippen LogP) is 12.3. The first kappa shape index (κ1) is 64.3. The number of hydrogen-bond acceptors (Lipinski definition) is 11. The fourth-order valence-corrected chi connectivity index (χ4v) is 8.48. The van der Waals surface area contributed by atoms with Crippen molar-refractivity contribution >= 4 is 13.8 Å². The number of carbonyl (C=O) groups excluding carboxylic acids is 1. The SMILES string of the molecule is CC/C=C\C/C=C\C/C=C\C/C=C\C/C=C\C/C=C\CCCCCCC(=O)OC(COCCCCCCCCCC/C=C\C/C=C\CCCCCC)COP(=O)(O)OC1C(O)C(O)C(O)C(O)C1O. The molecule has 13 heteroatoms.